The van der Waals surface area contributed by atoms with Crippen LogP contribution in [0.4, 0.5) is 10.2 Å². The molecule has 0 saturated heterocycles. The molecule has 152 valence electrons. The fraction of sp³-hybridized carbons (Fsp3) is 0.455. The summed E-state index contributed by atoms with van der Waals surface area (Å²) in [6.45, 7) is 2.75. The average Bonchev–Trinajstić information content (AvgIpc) is 3.44. The topological polar surface area (TPSA) is 65.6 Å². The number of aryl methyl sites for hydroxylation is 1. The van der Waals surface area contributed by atoms with Crippen molar-refractivity contribution in [2.75, 3.05) is 11.9 Å². The van der Waals surface area contributed by atoms with Crippen molar-refractivity contribution in [3.05, 3.63) is 62.0 Å². The van der Waals surface area contributed by atoms with Gasteiger partial charge in [0.2, 0.25) is 0 Å². The number of aromatic nitrogens is 3. The second-order valence-electron chi connectivity index (χ2n) is 8.36. The third-order valence-corrected chi connectivity index (χ3v) is 12.0. The number of aromatic amines is 1. The quantitative estimate of drug-likeness (QED) is 0.535. The molecule has 2 aliphatic carbocycles. The van der Waals surface area contributed by atoms with Crippen LogP contribution >= 0.6 is 0 Å². The normalized spacial score (nSPS) is 25.1. The van der Waals surface area contributed by atoms with Crippen LogP contribution in [0.2, 0.25) is 4.87 Å². The Kier molecular flexibility index (Phi) is 5.25. The first-order chi connectivity index (χ1) is 14.1. The zero-order valence-electron chi connectivity index (χ0n) is 16.9. The molecule has 3 aliphatic rings. The summed E-state index contributed by atoms with van der Waals surface area (Å²) in [6.07, 6.45) is 5.10. The second kappa shape index (κ2) is 7.88. The van der Waals surface area contributed by atoms with E-state index in [1.165, 1.54) is 9.21 Å². The molecule has 7 heteroatoms. The molecule has 2 atom stereocenters. The molecule has 1 saturated carbocycles. The molecule has 0 amide bonds. The van der Waals surface area contributed by atoms with Gasteiger partial charge in [-0.3, -0.25) is 4.98 Å². The minimum Gasteiger partial charge on any atom is -0.258 e. The molecule has 2 aromatic rings. The van der Waals surface area contributed by atoms with E-state index >= 15 is 0 Å². The van der Waals surface area contributed by atoms with Gasteiger partial charge in [-0.1, -0.05) is 6.07 Å². The number of nitrogens with one attached hydrogen (secondary N) is 3. The Bertz CT molecular complexity index is 995. The van der Waals surface area contributed by atoms with Crippen LogP contribution in [0.25, 0.3) is 0 Å². The first-order valence-corrected chi connectivity index (χ1v) is 15.5. The molecule has 1 fully saturated rings. The van der Waals surface area contributed by atoms with Crippen LogP contribution in [0.3, 0.4) is 0 Å². The van der Waals surface area contributed by atoms with Gasteiger partial charge in [0.05, 0.1) is 0 Å². The molecule has 3 N–H and O–H groups in total. The summed E-state index contributed by atoms with van der Waals surface area (Å²) in [7, 11) is 0. The summed E-state index contributed by atoms with van der Waals surface area (Å²) >= 11 is -1.52. The number of nitrogens with zero attached hydrogens (tertiary/aromatic N) is 2. The molecule has 0 bridgehead atoms. The third-order valence-electron chi connectivity index (χ3n) is 6.47. The number of halogens is 1. The van der Waals surface area contributed by atoms with E-state index in [1.54, 1.807) is 0 Å². The monoisotopic (exact) mass is 501 g/mol. The summed E-state index contributed by atoms with van der Waals surface area (Å²) in [6, 6.07) is 8.35. The fourth-order valence-corrected chi connectivity index (χ4v) is 9.47. The minimum atomic E-state index is -1.52. The summed E-state index contributed by atoms with van der Waals surface area (Å²) in [5.41, 5.74) is 5.03. The Hall–Kier alpha value is -1.65. The van der Waals surface area contributed by atoms with Crippen molar-refractivity contribution >= 4 is 26.3 Å². The van der Waals surface area contributed by atoms with E-state index in [0.29, 0.717) is 24.1 Å². The number of hydrogen-bond donors (Lipinski definition) is 3. The summed E-state index contributed by atoms with van der Waals surface area (Å²) in [5, 5.41) is 10.9. The Morgan fingerprint density at radius 2 is 2.07 bits per heavy atom. The Morgan fingerprint density at radius 3 is 2.93 bits per heavy atom. The molecule has 2 unspecified atom stereocenters. The molecule has 0 aromatic carbocycles. The second-order valence-corrected chi connectivity index (χ2v) is 14.0. The average molecular weight is 502 g/mol. The Labute approximate surface area is 178 Å². The van der Waals surface area contributed by atoms with Crippen molar-refractivity contribution in [1.29, 1.82) is 0 Å². The van der Waals surface area contributed by atoms with Gasteiger partial charge in [0.1, 0.15) is 0 Å². The number of anilines is 1. The summed E-state index contributed by atoms with van der Waals surface area (Å²) in [5.74, 6) is 1.64. The molecule has 5 nitrogen and oxygen atoms in total. The van der Waals surface area contributed by atoms with Gasteiger partial charge in [-0.2, -0.15) is 0 Å². The molecule has 0 spiro atoms. The molecular weight excluding hydrogens is 475 g/mol. The maximum absolute atomic E-state index is 14.9. The van der Waals surface area contributed by atoms with Gasteiger partial charge >= 0.3 is 143 Å². The Morgan fingerprint density at radius 1 is 1.21 bits per heavy atom. The van der Waals surface area contributed by atoms with Crippen LogP contribution < -0.4 is 8.79 Å². The molecule has 2 aromatic heterocycles. The van der Waals surface area contributed by atoms with E-state index in [0.717, 1.165) is 54.9 Å². The standard InChI is InChI=1S/C21H24FN5.CH3.Sb/c1-13-4-2-6-17(24-13)14-8-9-15(10-14)19-11-20(27-26-19)25-18-7-3-5-16(12-23)21(18)22;;/h2,4,6,11,14-15,23H,3,7-10,12H2,1H3,(H2,25,26,27);1H3;/q-1;;+1. The van der Waals surface area contributed by atoms with Gasteiger partial charge in [-0.15, -0.1) is 0 Å². The fourth-order valence-electron chi connectivity index (χ4n) is 4.86. The van der Waals surface area contributed by atoms with E-state index in [1.807, 2.05) is 13.0 Å². The van der Waals surface area contributed by atoms with Gasteiger partial charge in [0.25, 0.3) is 0 Å². The first-order valence-electron chi connectivity index (χ1n) is 10.4. The summed E-state index contributed by atoms with van der Waals surface area (Å²) in [4.78, 5) is 7.00. The van der Waals surface area contributed by atoms with Gasteiger partial charge in [-0.05, 0) is 19.1 Å². The summed E-state index contributed by atoms with van der Waals surface area (Å²) < 4.78 is 19.9. The van der Waals surface area contributed by atoms with Gasteiger partial charge in [0.15, 0.2) is 0 Å². The maximum atomic E-state index is 14.9. The molecule has 3 heterocycles. The van der Waals surface area contributed by atoms with Crippen molar-refractivity contribution in [2.24, 2.45) is 0 Å². The largest absolute Gasteiger partial charge is 0.258 e. The molecular formula is C22H27FN5Sb. The van der Waals surface area contributed by atoms with E-state index < -0.39 is 20.5 Å². The van der Waals surface area contributed by atoms with E-state index in [4.69, 9.17) is 4.98 Å². The first kappa shape index (κ1) is 19.3. The molecule has 5 rings (SSSR count). The van der Waals surface area contributed by atoms with Crippen LogP contribution in [-0.2, 0) is 0 Å². The van der Waals surface area contributed by atoms with Crippen LogP contribution in [0.1, 0.15) is 61.0 Å². The number of H-pyrrole nitrogens is 1. The van der Waals surface area contributed by atoms with Gasteiger partial charge in [0, 0.05) is 5.69 Å². The molecule has 29 heavy (non-hydrogen) atoms. The number of pyridine rings is 1. The number of rotatable bonds is 4. The van der Waals surface area contributed by atoms with E-state index in [-0.39, 0.29) is 5.83 Å². The smallest absolute Gasteiger partial charge is 0.258 e. The van der Waals surface area contributed by atoms with Crippen LogP contribution in [-0.4, -0.2) is 42.2 Å². The zero-order chi connectivity index (χ0) is 20.0. The van der Waals surface area contributed by atoms with Crippen LogP contribution in [0.5, 0.6) is 0 Å². The predicted molar refractivity (Wildman–Crippen MR) is 115 cm³/mol. The van der Waals surface area contributed by atoms with Crippen molar-refractivity contribution in [1.82, 2.24) is 18.7 Å². The maximum Gasteiger partial charge on any atom is -0.258 e. The van der Waals surface area contributed by atoms with Crippen molar-refractivity contribution in [2.45, 2.75) is 55.7 Å². The van der Waals surface area contributed by atoms with Crippen LogP contribution in [0.15, 0.2) is 44.9 Å². The molecule has 1 aliphatic heterocycles. The molecule has 0 radical (unpaired) electrons. The van der Waals surface area contributed by atoms with Gasteiger partial charge < -0.3 is 0 Å². The van der Waals surface area contributed by atoms with E-state index in [9.17, 15) is 4.39 Å². The number of hydrogen-bond acceptors (Lipinski definition) is 4. The minimum absolute atomic E-state index is 0.0522. The Balaban J connectivity index is 1.28. The van der Waals surface area contributed by atoms with Crippen molar-refractivity contribution < 1.29 is 4.39 Å². The predicted octanol–water partition coefficient (Wildman–Crippen LogP) is 4.61. The SMILES string of the molecule is Cc1cccc(C2CCC(c3cc(NC4=C(F)C5=[C](CC4)[Sb]([CH3])[NH]C5)n[nH]3)C2)n1. The number of allylic oxidation sites excluding steroid dienone is 2. The van der Waals surface area contributed by atoms with Crippen molar-refractivity contribution in [3.63, 3.8) is 0 Å². The van der Waals surface area contributed by atoms with E-state index in [2.05, 4.69) is 42.1 Å². The third kappa shape index (κ3) is 3.77. The van der Waals surface area contributed by atoms with Gasteiger partial charge in [-0.25, -0.2) is 0 Å². The van der Waals surface area contributed by atoms with Crippen LogP contribution in [0, 0.1) is 6.92 Å². The zero-order valence-corrected chi connectivity index (χ0v) is 19.5. The van der Waals surface area contributed by atoms with Crippen molar-refractivity contribution in [3.8, 4) is 0 Å².